The molecular weight excluding hydrogens is 285 g/mol. The Morgan fingerprint density at radius 3 is 2.77 bits per heavy atom. The summed E-state index contributed by atoms with van der Waals surface area (Å²) in [6, 6.07) is 5.07. The van der Waals surface area contributed by atoms with Crippen molar-refractivity contribution in [3.8, 4) is 0 Å². The van der Waals surface area contributed by atoms with E-state index in [-0.39, 0.29) is 11.6 Å². The Balaban J connectivity index is 1.99. The van der Waals surface area contributed by atoms with Gasteiger partial charge in [-0.2, -0.15) is 0 Å². The summed E-state index contributed by atoms with van der Waals surface area (Å²) in [6.45, 7) is 5.10. The van der Waals surface area contributed by atoms with Gasteiger partial charge in [-0.05, 0) is 30.9 Å². The maximum Gasteiger partial charge on any atom is 0.322 e. The molecule has 1 aromatic carbocycles. The number of rotatable bonds is 4. The number of anilines is 1. The summed E-state index contributed by atoms with van der Waals surface area (Å²) in [6.07, 6.45) is 1.40. The second kappa shape index (κ2) is 7.24. The molecule has 120 valence electrons. The topological polar surface area (TPSA) is 61.4 Å². The van der Waals surface area contributed by atoms with Gasteiger partial charge in [0.1, 0.15) is 11.9 Å². The number of hydrogen-bond acceptors (Lipinski definition) is 2. The number of hydrogen-bond donors (Lipinski definition) is 2. The fraction of sp³-hybridized carbons (Fsp3) is 0.500. The van der Waals surface area contributed by atoms with Gasteiger partial charge in [-0.25, -0.2) is 9.18 Å². The van der Waals surface area contributed by atoms with Crippen LogP contribution in [0.1, 0.15) is 26.7 Å². The van der Waals surface area contributed by atoms with Crippen LogP contribution in [0.4, 0.5) is 14.9 Å². The highest BCUT2D eigenvalue weighted by Crippen LogP contribution is 2.20. The summed E-state index contributed by atoms with van der Waals surface area (Å²) < 4.78 is 13.6. The standard InChI is InChI=1S/C16H22FN3O2/c1-11(2)10-18-15(21)14-8-5-9-20(14)16(22)19-13-7-4-3-6-12(13)17/h3-4,6-7,11,14H,5,8-10H2,1-2H3,(H,18,21)(H,19,22)/t14-/m1/s1. The quantitative estimate of drug-likeness (QED) is 0.898. The molecule has 0 spiro atoms. The van der Waals surface area contributed by atoms with Crippen molar-refractivity contribution in [1.29, 1.82) is 0 Å². The highest BCUT2D eigenvalue weighted by Gasteiger charge is 2.34. The first-order valence-electron chi connectivity index (χ1n) is 7.59. The van der Waals surface area contributed by atoms with Crippen molar-refractivity contribution < 1.29 is 14.0 Å². The number of nitrogens with zero attached hydrogens (tertiary/aromatic N) is 1. The molecule has 2 N–H and O–H groups in total. The van der Waals surface area contributed by atoms with Gasteiger partial charge in [-0.15, -0.1) is 0 Å². The normalized spacial score (nSPS) is 17.6. The molecule has 5 nitrogen and oxygen atoms in total. The zero-order chi connectivity index (χ0) is 16.1. The molecular formula is C16H22FN3O2. The fourth-order valence-corrected chi connectivity index (χ4v) is 2.45. The molecule has 1 heterocycles. The van der Waals surface area contributed by atoms with Crippen LogP contribution in [-0.4, -0.2) is 36.0 Å². The molecule has 1 atom stereocenters. The van der Waals surface area contributed by atoms with E-state index in [0.29, 0.717) is 25.4 Å². The third-order valence-electron chi connectivity index (χ3n) is 3.62. The third-order valence-corrected chi connectivity index (χ3v) is 3.62. The van der Waals surface area contributed by atoms with Gasteiger partial charge in [0.05, 0.1) is 5.69 Å². The first-order chi connectivity index (χ1) is 10.5. The first-order valence-corrected chi connectivity index (χ1v) is 7.59. The van der Waals surface area contributed by atoms with Crippen molar-refractivity contribution in [3.05, 3.63) is 30.1 Å². The molecule has 0 saturated carbocycles. The Morgan fingerprint density at radius 2 is 2.09 bits per heavy atom. The third kappa shape index (κ3) is 3.96. The van der Waals surface area contributed by atoms with Crippen LogP contribution in [0.2, 0.25) is 0 Å². The average Bonchev–Trinajstić information content (AvgIpc) is 2.96. The molecule has 3 amide bonds. The van der Waals surface area contributed by atoms with Gasteiger partial charge in [-0.1, -0.05) is 26.0 Å². The lowest BCUT2D eigenvalue weighted by molar-refractivity contribution is -0.124. The predicted octanol–water partition coefficient (Wildman–Crippen LogP) is 2.59. The SMILES string of the molecule is CC(C)CNC(=O)[C@H]1CCCN1C(=O)Nc1ccccc1F. The van der Waals surface area contributed by atoms with Crippen LogP contribution in [0.25, 0.3) is 0 Å². The minimum Gasteiger partial charge on any atom is -0.354 e. The number of nitrogens with one attached hydrogen (secondary N) is 2. The Bertz CT molecular complexity index is 548. The summed E-state index contributed by atoms with van der Waals surface area (Å²) in [5.41, 5.74) is 0.126. The number of carbonyl (C=O) groups is 2. The van der Waals surface area contributed by atoms with Gasteiger partial charge >= 0.3 is 6.03 Å². The lowest BCUT2D eigenvalue weighted by atomic mass is 10.2. The molecule has 1 saturated heterocycles. The van der Waals surface area contributed by atoms with Crippen molar-refractivity contribution in [2.75, 3.05) is 18.4 Å². The van der Waals surface area contributed by atoms with Crippen LogP contribution in [-0.2, 0) is 4.79 Å². The van der Waals surface area contributed by atoms with E-state index in [1.807, 2.05) is 13.8 Å². The van der Waals surface area contributed by atoms with Gasteiger partial charge < -0.3 is 15.5 Å². The minimum absolute atomic E-state index is 0.126. The van der Waals surface area contributed by atoms with Crippen molar-refractivity contribution in [3.63, 3.8) is 0 Å². The van der Waals surface area contributed by atoms with Gasteiger partial charge in [0, 0.05) is 13.1 Å². The number of amides is 3. The second-order valence-electron chi connectivity index (χ2n) is 5.90. The number of likely N-dealkylation sites (tertiary alicyclic amines) is 1. The zero-order valence-corrected chi connectivity index (χ0v) is 12.9. The number of carbonyl (C=O) groups excluding carboxylic acids is 2. The van der Waals surface area contributed by atoms with E-state index in [1.54, 1.807) is 12.1 Å². The number of halogens is 1. The lowest BCUT2D eigenvalue weighted by Gasteiger charge is -2.24. The van der Waals surface area contributed by atoms with Crippen molar-refractivity contribution in [2.45, 2.75) is 32.7 Å². The van der Waals surface area contributed by atoms with E-state index in [1.165, 1.54) is 17.0 Å². The molecule has 1 aromatic rings. The molecule has 1 fully saturated rings. The van der Waals surface area contributed by atoms with E-state index in [2.05, 4.69) is 10.6 Å². The van der Waals surface area contributed by atoms with E-state index >= 15 is 0 Å². The summed E-state index contributed by atoms with van der Waals surface area (Å²) in [7, 11) is 0. The van der Waals surface area contributed by atoms with Crippen LogP contribution in [0.15, 0.2) is 24.3 Å². The van der Waals surface area contributed by atoms with Crippen LogP contribution < -0.4 is 10.6 Å². The summed E-state index contributed by atoms with van der Waals surface area (Å²) >= 11 is 0. The number of para-hydroxylation sites is 1. The summed E-state index contributed by atoms with van der Waals surface area (Å²) in [5, 5.41) is 5.38. The molecule has 2 rings (SSSR count). The van der Waals surface area contributed by atoms with Crippen LogP contribution >= 0.6 is 0 Å². The molecule has 6 heteroatoms. The van der Waals surface area contributed by atoms with Crippen LogP contribution in [0.3, 0.4) is 0 Å². The molecule has 0 aliphatic carbocycles. The predicted molar refractivity (Wildman–Crippen MR) is 83.0 cm³/mol. The second-order valence-corrected chi connectivity index (χ2v) is 5.90. The van der Waals surface area contributed by atoms with E-state index in [9.17, 15) is 14.0 Å². The maximum atomic E-state index is 13.6. The largest absolute Gasteiger partial charge is 0.354 e. The molecule has 0 radical (unpaired) electrons. The Kier molecular flexibility index (Phi) is 5.35. The molecule has 1 aliphatic rings. The molecule has 0 bridgehead atoms. The summed E-state index contributed by atoms with van der Waals surface area (Å²) in [4.78, 5) is 25.9. The Hall–Kier alpha value is -2.11. The van der Waals surface area contributed by atoms with Gasteiger partial charge in [0.15, 0.2) is 0 Å². The van der Waals surface area contributed by atoms with E-state index in [0.717, 1.165) is 6.42 Å². The Labute approximate surface area is 129 Å². The number of urea groups is 1. The maximum absolute atomic E-state index is 13.6. The minimum atomic E-state index is -0.490. The van der Waals surface area contributed by atoms with Crippen molar-refractivity contribution in [2.24, 2.45) is 5.92 Å². The molecule has 1 aliphatic heterocycles. The molecule has 0 unspecified atom stereocenters. The monoisotopic (exact) mass is 307 g/mol. The van der Waals surface area contributed by atoms with Crippen LogP contribution in [0.5, 0.6) is 0 Å². The lowest BCUT2D eigenvalue weighted by Crippen LogP contribution is -2.48. The molecule has 0 aromatic heterocycles. The van der Waals surface area contributed by atoms with E-state index in [4.69, 9.17) is 0 Å². The van der Waals surface area contributed by atoms with Gasteiger partial charge in [0.25, 0.3) is 0 Å². The van der Waals surface area contributed by atoms with Gasteiger partial charge in [-0.3, -0.25) is 4.79 Å². The van der Waals surface area contributed by atoms with Crippen molar-refractivity contribution in [1.82, 2.24) is 10.2 Å². The summed E-state index contributed by atoms with van der Waals surface area (Å²) in [5.74, 6) is -0.281. The van der Waals surface area contributed by atoms with Gasteiger partial charge in [0.2, 0.25) is 5.91 Å². The van der Waals surface area contributed by atoms with E-state index < -0.39 is 17.9 Å². The van der Waals surface area contributed by atoms with Crippen LogP contribution in [0, 0.1) is 11.7 Å². The first kappa shape index (κ1) is 16.3. The average molecular weight is 307 g/mol. The highest BCUT2D eigenvalue weighted by molar-refractivity contribution is 5.94. The zero-order valence-electron chi connectivity index (χ0n) is 12.9. The smallest absolute Gasteiger partial charge is 0.322 e. The van der Waals surface area contributed by atoms with Crippen molar-refractivity contribution >= 4 is 17.6 Å². The number of benzene rings is 1. The highest BCUT2D eigenvalue weighted by atomic mass is 19.1. The Morgan fingerprint density at radius 1 is 1.36 bits per heavy atom. The fourth-order valence-electron chi connectivity index (χ4n) is 2.45. The molecule has 22 heavy (non-hydrogen) atoms.